The minimum Gasteiger partial charge on any atom is -0.492 e. The van der Waals surface area contributed by atoms with Crippen molar-refractivity contribution in [2.75, 3.05) is 11.9 Å². The van der Waals surface area contributed by atoms with Gasteiger partial charge in [0.25, 0.3) is 5.91 Å². The molecule has 0 aliphatic rings. The van der Waals surface area contributed by atoms with Crippen LogP contribution in [0.15, 0.2) is 60.7 Å². The van der Waals surface area contributed by atoms with Crippen LogP contribution in [0.3, 0.4) is 0 Å². The second kappa shape index (κ2) is 9.27. The third kappa shape index (κ3) is 5.80. The molecule has 2 rings (SSSR count). The van der Waals surface area contributed by atoms with Crippen LogP contribution in [-0.2, 0) is 14.3 Å². The highest BCUT2D eigenvalue weighted by Gasteiger charge is 2.18. The van der Waals surface area contributed by atoms with Gasteiger partial charge >= 0.3 is 5.97 Å². The zero-order chi connectivity index (χ0) is 18.1. The average molecular weight is 339 g/mol. The molecule has 2 aromatic carbocycles. The summed E-state index contributed by atoms with van der Waals surface area (Å²) in [4.78, 5) is 24.1. The Hall–Kier alpha value is -3.08. The van der Waals surface area contributed by atoms with Crippen LogP contribution in [0.25, 0.3) is 6.08 Å². The largest absolute Gasteiger partial charge is 0.492 e. The van der Waals surface area contributed by atoms with Gasteiger partial charge in [-0.25, -0.2) is 4.79 Å². The number of para-hydroxylation sites is 2. The molecule has 130 valence electrons. The zero-order valence-corrected chi connectivity index (χ0v) is 14.3. The highest BCUT2D eigenvalue weighted by Crippen LogP contribution is 2.23. The van der Waals surface area contributed by atoms with E-state index < -0.39 is 18.0 Å². The van der Waals surface area contributed by atoms with Crippen LogP contribution in [0, 0.1) is 0 Å². The third-order valence-electron chi connectivity index (χ3n) is 3.32. The van der Waals surface area contributed by atoms with Crippen molar-refractivity contribution in [3.05, 3.63) is 66.2 Å². The summed E-state index contributed by atoms with van der Waals surface area (Å²) in [5.41, 5.74) is 1.42. The summed E-state index contributed by atoms with van der Waals surface area (Å²) < 4.78 is 10.6. The monoisotopic (exact) mass is 339 g/mol. The molecule has 1 N–H and O–H groups in total. The molecule has 0 aliphatic heterocycles. The first-order valence-corrected chi connectivity index (χ1v) is 8.06. The lowest BCUT2D eigenvalue weighted by Crippen LogP contribution is -2.29. The molecular formula is C20H21NO4. The lowest BCUT2D eigenvalue weighted by Gasteiger charge is -2.15. The van der Waals surface area contributed by atoms with Crippen LogP contribution in [0.1, 0.15) is 19.4 Å². The molecular weight excluding hydrogens is 318 g/mol. The fourth-order valence-electron chi connectivity index (χ4n) is 2.08. The first kappa shape index (κ1) is 18.3. The normalized spacial score (nSPS) is 11.8. The Morgan fingerprint density at radius 3 is 2.48 bits per heavy atom. The Bertz CT molecular complexity index is 740. The molecule has 0 bridgehead atoms. The van der Waals surface area contributed by atoms with E-state index in [1.807, 2.05) is 43.3 Å². The number of rotatable bonds is 7. The van der Waals surface area contributed by atoms with Crippen molar-refractivity contribution in [1.82, 2.24) is 0 Å². The van der Waals surface area contributed by atoms with E-state index in [1.165, 1.54) is 13.0 Å². The van der Waals surface area contributed by atoms with Crippen LogP contribution in [0.2, 0.25) is 0 Å². The molecule has 2 aromatic rings. The van der Waals surface area contributed by atoms with Crippen LogP contribution in [0.5, 0.6) is 5.75 Å². The van der Waals surface area contributed by atoms with Crippen molar-refractivity contribution < 1.29 is 19.1 Å². The van der Waals surface area contributed by atoms with E-state index in [-0.39, 0.29) is 0 Å². The Kier molecular flexibility index (Phi) is 6.77. The predicted octanol–water partition coefficient (Wildman–Crippen LogP) is 3.67. The summed E-state index contributed by atoms with van der Waals surface area (Å²) in [6, 6.07) is 16.5. The molecule has 0 spiro atoms. The number of ether oxygens (including phenoxy) is 2. The van der Waals surface area contributed by atoms with Crippen molar-refractivity contribution >= 4 is 23.6 Å². The van der Waals surface area contributed by atoms with Gasteiger partial charge in [0.15, 0.2) is 6.10 Å². The first-order valence-electron chi connectivity index (χ1n) is 8.06. The van der Waals surface area contributed by atoms with Crippen LogP contribution < -0.4 is 10.1 Å². The minimum atomic E-state index is -0.928. The maximum atomic E-state index is 12.2. The van der Waals surface area contributed by atoms with Crippen molar-refractivity contribution in [2.24, 2.45) is 0 Å². The van der Waals surface area contributed by atoms with Gasteiger partial charge in [-0.2, -0.15) is 0 Å². The number of benzene rings is 2. The Morgan fingerprint density at radius 1 is 1.08 bits per heavy atom. The maximum absolute atomic E-state index is 12.2. The molecule has 0 radical (unpaired) electrons. The molecule has 0 aliphatic carbocycles. The summed E-state index contributed by atoms with van der Waals surface area (Å²) >= 11 is 0. The average Bonchev–Trinajstić information content (AvgIpc) is 2.62. The van der Waals surface area contributed by atoms with Crippen molar-refractivity contribution in [3.8, 4) is 5.75 Å². The topological polar surface area (TPSA) is 64.6 Å². The number of carbonyl (C=O) groups excluding carboxylic acids is 2. The van der Waals surface area contributed by atoms with Gasteiger partial charge in [0.05, 0.1) is 12.3 Å². The van der Waals surface area contributed by atoms with Crippen LogP contribution >= 0.6 is 0 Å². The number of anilines is 1. The predicted molar refractivity (Wildman–Crippen MR) is 97.3 cm³/mol. The number of nitrogens with one attached hydrogen (secondary N) is 1. The molecule has 0 saturated carbocycles. The number of carbonyl (C=O) groups is 2. The van der Waals surface area contributed by atoms with Crippen molar-refractivity contribution in [3.63, 3.8) is 0 Å². The molecule has 0 fully saturated rings. The van der Waals surface area contributed by atoms with E-state index in [1.54, 1.807) is 24.3 Å². The first-order chi connectivity index (χ1) is 12.1. The Labute approximate surface area is 147 Å². The molecule has 0 saturated heterocycles. The van der Waals surface area contributed by atoms with Crippen molar-refractivity contribution in [2.45, 2.75) is 20.0 Å². The SMILES string of the molecule is CCOc1ccccc1NC(=O)[C@@H](C)OC(=O)/C=C/c1ccccc1. The summed E-state index contributed by atoms with van der Waals surface area (Å²) in [5.74, 6) is -0.431. The molecule has 1 atom stereocenters. The van der Waals surface area contributed by atoms with E-state index in [9.17, 15) is 9.59 Å². The standard InChI is InChI=1S/C20H21NO4/c1-3-24-18-12-8-7-11-17(18)21-20(23)15(2)25-19(22)14-13-16-9-5-4-6-10-16/h4-15H,3H2,1-2H3,(H,21,23)/b14-13+/t15-/m1/s1. The smallest absolute Gasteiger partial charge is 0.331 e. The summed E-state index contributed by atoms with van der Waals surface area (Å²) in [6.07, 6.45) is 2.01. The molecule has 5 nitrogen and oxygen atoms in total. The molecule has 0 aromatic heterocycles. The van der Waals surface area contributed by atoms with Crippen molar-refractivity contribution in [1.29, 1.82) is 0 Å². The quantitative estimate of drug-likeness (QED) is 0.617. The van der Waals surface area contributed by atoms with Gasteiger partial charge in [-0.1, -0.05) is 42.5 Å². The van der Waals surface area contributed by atoms with Gasteiger partial charge in [0.2, 0.25) is 0 Å². The summed E-state index contributed by atoms with van der Waals surface area (Å²) in [7, 11) is 0. The second-order valence-electron chi connectivity index (χ2n) is 5.24. The third-order valence-corrected chi connectivity index (χ3v) is 3.32. The molecule has 1 amide bonds. The van der Waals surface area contributed by atoms with Crippen LogP contribution in [-0.4, -0.2) is 24.6 Å². The van der Waals surface area contributed by atoms with E-state index >= 15 is 0 Å². The van der Waals surface area contributed by atoms with Gasteiger partial charge in [-0.3, -0.25) is 4.79 Å². The van der Waals surface area contributed by atoms with Gasteiger partial charge in [-0.05, 0) is 37.6 Å². The van der Waals surface area contributed by atoms with E-state index in [0.717, 1.165) is 5.56 Å². The van der Waals surface area contributed by atoms with E-state index in [0.29, 0.717) is 18.0 Å². The summed E-state index contributed by atoms with van der Waals surface area (Å²) in [5, 5.41) is 2.71. The number of amides is 1. The minimum absolute atomic E-state index is 0.423. The lowest BCUT2D eigenvalue weighted by atomic mass is 10.2. The number of hydrogen-bond donors (Lipinski definition) is 1. The molecule has 5 heteroatoms. The highest BCUT2D eigenvalue weighted by atomic mass is 16.5. The Morgan fingerprint density at radius 2 is 1.76 bits per heavy atom. The number of hydrogen-bond acceptors (Lipinski definition) is 4. The number of esters is 1. The van der Waals surface area contributed by atoms with E-state index in [4.69, 9.17) is 9.47 Å². The van der Waals surface area contributed by atoms with Crippen LogP contribution in [0.4, 0.5) is 5.69 Å². The Balaban J connectivity index is 1.92. The van der Waals surface area contributed by atoms with Gasteiger partial charge < -0.3 is 14.8 Å². The maximum Gasteiger partial charge on any atom is 0.331 e. The van der Waals surface area contributed by atoms with E-state index in [2.05, 4.69) is 5.32 Å². The molecule has 0 unspecified atom stereocenters. The lowest BCUT2D eigenvalue weighted by molar-refractivity contribution is -0.148. The van der Waals surface area contributed by atoms with Gasteiger partial charge in [-0.15, -0.1) is 0 Å². The fraction of sp³-hybridized carbons (Fsp3) is 0.200. The second-order valence-corrected chi connectivity index (χ2v) is 5.24. The molecule has 0 heterocycles. The van der Waals surface area contributed by atoms with Gasteiger partial charge in [0.1, 0.15) is 5.75 Å². The fourth-order valence-corrected chi connectivity index (χ4v) is 2.08. The van der Waals surface area contributed by atoms with Gasteiger partial charge in [0, 0.05) is 6.08 Å². The summed E-state index contributed by atoms with van der Waals surface area (Å²) in [6.45, 7) is 3.87. The zero-order valence-electron chi connectivity index (χ0n) is 14.3. The molecule has 25 heavy (non-hydrogen) atoms. The highest BCUT2D eigenvalue weighted by molar-refractivity contribution is 5.97.